The van der Waals surface area contributed by atoms with Crippen molar-refractivity contribution in [2.24, 2.45) is 0 Å². The molecule has 0 aromatic heterocycles. The second kappa shape index (κ2) is 5.82. The Morgan fingerprint density at radius 3 is 2.53 bits per heavy atom. The van der Waals surface area contributed by atoms with E-state index in [4.69, 9.17) is 4.74 Å². The molecule has 0 aliphatic heterocycles. The molecule has 0 saturated heterocycles. The van der Waals surface area contributed by atoms with E-state index in [0.717, 1.165) is 12.1 Å². The second-order valence-corrected chi connectivity index (χ2v) is 3.73. The van der Waals surface area contributed by atoms with Gasteiger partial charge in [0.1, 0.15) is 0 Å². The van der Waals surface area contributed by atoms with Crippen LogP contribution in [0.4, 0.5) is 13.2 Å². The Morgan fingerprint density at radius 1 is 1.29 bits per heavy atom. The zero-order valence-electron chi connectivity index (χ0n) is 9.60. The van der Waals surface area contributed by atoms with Crippen molar-refractivity contribution >= 4 is 5.78 Å². The first-order valence-corrected chi connectivity index (χ1v) is 5.16. The van der Waals surface area contributed by atoms with E-state index >= 15 is 0 Å². The summed E-state index contributed by atoms with van der Waals surface area (Å²) in [5.74, 6) is -4.91. The summed E-state index contributed by atoms with van der Waals surface area (Å²) in [6.45, 7) is 1.76. The van der Waals surface area contributed by atoms with Crippen molar-refractivity contribution in [3.05, 3.63) is 35.1 Å². The molecule has 0 saturated carbocycles. The maximum absolute atomic E-state index is 13.3. The van der Waals surface area contributed by atoms with Crippen LogP contribution in [0.25, 0.3) is 0 Å². The zero-order valence-corrected chi connectivity index (χ0v) is 9.60. The standard InChI is InChI=1S/C12H13F3O2/c1-7(17-2)3-6-10(16)8-4-5-9(13)12(15)11(8)14/h4-5,7H,3,6H2,1-2H3. The van der Waals surface area contributed by atoms with E-state index in [9.17, 15) is 18.0 Å². The minimum absolute atomic E-state index is 0.0248. The summed E-state index contributed by atoms with van der Waals surface area (Å²) in [6, 6.07) is 1.69. The minimum Gasteiger partial charge on any atom is -0.382 e. The number of halogens is 3. The molecule has 5 heteroatoms. The average molecular weight is 246 g/mol. The highest BCUT2D eigenvalue weighted by atomic mass is 19.2. The smallest absolute Gasteiger partial charge is 0.195 e. The van der Waals surface area contributed by atoms with Crippen LogP contribution in [0, 0.1) is 17.5 Å². The van der Waals surface area contributed by atoms with Crippen molar-refractivity contribution in [3.63, 3.8) is 0 Å². The molecule has 94 valence electrons. The molecule has 1 aromatic rings. The zero-order chi connectivity index (χ0) is 13.0. The third-order valence-corrected chi connectivity index (χ3v) is 2.52. The first-order valence-electron chi connectivity index (χ1n) is 5.16. The van der Waals surface area contributed by atoms with Gasteiger partial charge in [-0.15, -0.1) is 0 Å². The Hall–Kier alpha value is -1.36. The Morgan fingerprint density at radius 2 is 1.94 bits per heavy atom. The quantitative estimate of drug-likeness (QED) is 0.589. The van der Waals surface area contributed by atoms with Crippen molar-refractivity contribution in [2.45, 2.75) is 25.9 Å². The molecule has 1 atom stereocenters. The fraction of sp³-hybridized carbons (Fsp3) is 0.417. The molecule has 0 aliphatic rings. The summed E-state index contributed by atoms with van der Waals surface area (Å²) in [5.41, 5.74) is -0.424. The largest absolute Gasteiger partial charge is 0.382 e. The first-order chi connectivity index (χ1) is 7.97. The van der Waals surface area contributed by atoms with Crippen molar-refractivity contribution in [1.29, 1.82) is 0 Å². The molecule has 0 spiro atoms. The average Bonchev–Trinajstić information content (AvgIpc) is 2.32. The van der Waals surface area contributed by atoms with Gasteiger partial charge in [0.05, 0.1) is 11.7 Å². The summed E-state index contributed by atoms with van der Waals surface area (Å²) in [5, 5.41) is 0. The summed E-state index contributed by atoms with van der Waals surface area (Å²) in [6.07, 6.45) is 0.275. The summed E-state index contributed by atoms with van der Waals surface area (Å²) in [7, 11) is 1.49. The van der Waals surface area contributed by atoms with Crippen LogP contribution in [0.2, 0.25) is 0 Å². The Kier molecular flexibility index (Phi) is 4.69. The number of ether oxygens (including phenoxy) is 1. The highest BCUT2D eigenvalue weighted by Gasteiger charge is 2.18. The molecule has 0 fully saturated rings. The Balaban J connectivity index is 2.80. The van der Waals surface area contributed by atoms with Crippen LogP contribution >= 0.6 is 0 Å². The first kappa shape index (κ1) is 13.7. The van der Waals surface area contributed by atoms with Gasteiger partial charge in [0.2, 0.25) is 0 Å². The number of rotatable bonds is 5. The van der Waals surface area contributed by atoms with Crippen molar-refractivity contribution in [1.82, 2.24) is 0 Å². The fourth-order valence-electron chi connectivity index (χ4n) is 1.33. The number of hydrogen-bond acceptors (Lipinski definition) is 2. The van der Waals surface area contributed by atoms with Gasteiger partial charge in [0, 0.05) is 13.5 Å². The van der Waals surface area contributed by atoms with Crippen molar-refractivity contribution < 1.29 is 22.7 Å². The lowest BCUT2D eigenvalue weighted by molar-refractivity contribution is 0.0873. The highest BCUT2D eigenvalue weighted by molar-refractivity contribution is 5.96. The number of methoxy groups -OCH3 is 1. The number of ketones is 1. The third kappa shape index (κ3) is 3.30. The van der Waals surface area contributed by atoms with Gasteiger partial charge < -0.3 is 4.74 Å². The molecule has 1 unspecified atom stereocenters. The normalized spacial score (nSPS) is 12.5. The number of hydrogen-bond donors (Lipinski definition) is 0. The van der Waals surface area contributed by atoms with Crippen LogP contribution in [0.3, 0.4) is 0 Å². The van der Waals surface area contributed by atoms with E-state index in [2.05, 4.69) is 0 Å². The molecule has 0 aliphatic carbocycles. The van der Waals surface area contributed by atoms with Gasteiger partial charge in [-0.1, -0.05) is 0 Å². The topological polar surface area (TPSA) is 26.3 Å². The van der Waals surface area contributed by atoms with E-state index in [0.29, 0.717) is 6.42 Å². The van der Waals surface area contributed by atoms with E-state index in [-0.39, 0.29) is 12.5 Å². The number of Topliss-reactive ketones (excluding diaryl/α,β-unsaturated/α-hetero) is 1. The van der Waals surface area contributed by atoms with E-state index in [1.54, 1.807) is 6.92 Å². The highest BCUT2D eigenvalue weighted by Crippen LogP contribution is 2.17. The molecule has 1 aromatic carbocycles. The summed E-state index contributed by atoms with van der Waals surface area (Å²) < 4.78 is 43.7. The molecule has 0 bridgehead atoms. The van der Waals surface area contributed by atoms with E-state index in [1.807, 2.05) is 0 Å². The molecule has 2 nitrogen and oxygen atoms in total. The molecule has 1 rings (SSSR count). The van der Waals surface area contributed by atoms with Gasteiger partial charge >= 0.3 is 0 Å². The third-order valence-electron chi connectivity index (χ3n) is 2.52. The van der Waals surface area contributed by atoms with Crippen LogP contribution < -0.4 is 0 Å². The van der Waals surface area contributed by atoms with Crippen LogP contribution in [0.5, 0.6) is 0 Å². The van der Waals surface area contributed by atoms with Crippen molar-refractivity contribution in [3.8, 4) is 0 Å². The molecule has 17 heavy (non-hydrogen) atoms. The predicted octanol–water partition coefficient (Wildman–Crippen LogP) is 3.10. The molecule has 0 amide bonds. The van der Waals surface area contributed by atoms with Gasteiger partial charge in [-0.25, -0.2) is 13.2 Å². The van der Waals surface area contributed by atoms with Gasteiger partial charge in [-0.05, 0) is 25.5 Å². The fourth-order valence-corrected chi connectivity index (χ4v) is 1.33. The molecule has 0 radical (unpaired) electrons. The second-order valence-electron chi connectivity index (χ2n) is 3.73. The van der Waals surface area contributed by atoms with Gasteiger partial charge in [-0.3, -0.25) is 4.79 Å². The number of benzene rings is 1. The summed E-state index contributed by atoms with van der Waals surface area (Å²) in [4.78, 5) is 11.6. The minimum atomic E-state index is -1.62. The van der Waals surface area contributed by atoms with Crippen LogP contribution in [-0.4, -0.2) is 19.0 Å². The van der Waals surface area contributed by atoms with Crippen molar-refractivity contribution in [2.75, 3.05) is 7.11 Å². The maximum atomic E-state index is 13.3. The van der Waals surface area contributed by atoms with Crippen LogP contribution in [0.15, 0.2) is 12.1 Å². The van der Waals surface area contributed by atoms with Gasteiger partial charge in [0.15, 0.2) is 23.2 Å². The van der Waals surface area contributed by atoms with E-state index in [1.165, 1.54) is 7.11 Å². The Bertz CT molecular complexity index is 418. The van der Waals surface area contributed by atoms with Crippen LogP contribution in [0.1, 0.15) is 30.1 Å². The van der Waals surface area contributed by atoms with Crippen LogP contribution in [-0.2, 0) is 4.74 Å². The van der Waals surface area contributed by atoms with E-state index < -0.39 is 28.8 Å². The lowest BCUT2D eigenvalue weighted by Gasteiger charge is -2.08. The molecule has 0 heterocycles. The molecular formula is C12H13F3O2. The lowest BCUT2D eigenvalue weighted by Crippen LogP contribution is -2.11. The monoisotopic (exact) mass is 246 g/mol. The number of carbonyl (C=O) groups excluding carboxylic acids is 1. The van der Waals surface area contributed by atoms with Gasteiger partial charge in [-0.2, -0.15) is 0 Å². The van der Waals surface area contributed by atoms with Gasteiger partial charge in [0.25, 0.3) is 0 Å². The number of carbonyl (C=O) groups is 1. The maximum Gasteiger partial charge on any atom is 0.195 e. The summed E-state index contributed by atoms with van der Waals surface area (Å²) >= 11 is 0. The Labute approximate surface area is 97.4 Å². The molecule has 0 N–H and O–H groups in total. The lowest BCUT2D eigenvalue weighted by atomic mass is 10.0. The SMILES string of the molecule is COC(C)CCC(=O)c1ccc(F)c(F)c1F. The molecular weight excluding hydrogens is 233 g/mol. The predicted molar refractivity (Wildman–Crippen MR) is 56.4 cm³/mol.